The summed E-state index contributed by atoms with van der Waals surface area (Å²) in [5.74, 6) is -1.60. The van der Waals surface area contributed by atoms with Gasteiger partial charge in [-0.2, -0.15) is 28.5 Å². The van der Waals surface area contributed by atoms with Crippen molar-refractivity contribution in [3.8, 4) is 5.82 Å². The molecule has 0 spiro atoms. The summed E-state index contributed by atoms with van der Waals surface area (Å²) in [7, 11) is 0. The predicted octanol–water partition coefficient (Wildman–Crippen LogP) is 3.78. The number of rotatable bonds is 3. The summed E-state index contributed by atoms with van der Waals surface area (Å²) >= 11 is 6.02. The third kappa shape index (κ3) is 3.59. The first-order valence-corrected chi connectivity index (χ1v) is 10.2. The average molecular weight is 477 g/mol. The van der Waals surface area contributed by atoms with Crippen LogP contribution in [0.1, 0.15) is 43.0 Å². The van der Waals surface area contributed by atoms with Crippen molar-refractivity contribution < 1.29 is 18.0 Å². The van der Waals surface area contributed by atoms with E-state index in [9.17, 15) is 18.0 Å². The van der Waals surface area contributed by atoms with Gasteiger partial charge in [-0.3, -0.25) is 4.79 Å². The Morgan fingerprint density at radius 3 is 2.61 bits per heavy atom. The number of aromatic nitrogens is 7. The Kier molecular flexibility index (Phi) is 4.67. The molecule has 1 atom stereocenters. The van der Waals surface area contributed by atoms with Crippen LogP contribution in [0.25, 0.3) is 11.5 Å². The van der Waals surface area contributed by atoms with Crippen LogP contribution in [0.15, 0.2) is 36.9 Å². The zero-order chi connectivity index (χ0) is 23.5. The van der Waals surface area contributed by atoms with Gasteiger partial charge in [0.25, 0.3) is 0 Å². The number of fused-ring (bicyclic) bond motifs is 3. The Morgan fingerprint density at radius 1 is 1.18 bits per heavy atom. The fourth-order valence-corrected chi connectivity index (χ4v) is 4.42. The summed E-state index contributed by atoms with van der Waals surface area (Å²) < 4.78 is 42.6. The zero-order valence-electron chi connectivity index (χ0n) is 17.3. The SMILES string of the molecule is CC1(C)C[C@@H](C(=O)Nc2cnc(-n3nccn3)c(C(F)(F)F)c2)c2cnc3cc(Cl)nn3c21. The van der Waals surface area contributed by atoms with E-state index in [0.29, 0.717) is 17.6 Å². The Hall–Kier alpha value is -3.54. The summed E-state index contributed by atoms with van der Waals surface area (Å²) in [6.45, 7) is 3.92. The molecule has 4 aromatic heterocycles. The monoisotopic (exact) mass is 476 g/mol. The van der Waals surface area contributed by atoms with E-state index in [0.717, 1.165) is 22.8 Å². The molecule has 5 rings (SSSR count). The highest BCUT2D eigenvalue weighted by Gasteiger charge is 2.43. The quantitative estimate of drug-likeness (QED) is 0.482. The molecule has 9 nitrogen and oxygen atoms in total. The van der Waals surface area contributed by atoms with Crippen molar-refractivity contribution in [3.05, 3.63) is 58.9 Å². The Morgan fingerprint density at radius 2 is 1.91 bits per heavy atom. The second-order valence-corrected chi connectivity index (χ2v) is 8.73. The van der Waals surface area contributed by atoms with Crippen LogP contribution < -0.4 is 5.32 Å². The van der Waals surface area contributed by atoms with Gasteiger partial charge in [-0.1, -0.05) is 25.4 Å². The number of pyridine rings is 1. The predicted molar refractivity (Wildman–Crippen MR) is 111 cm³/mol. The van der Waals surface area contributed by atoms with Crippen LogP contribution in [0.2, 0.25) is 5.15 Å². The van der Waals surface area contributed by atoms with E-state index < -0.39 is 34.8 Å². The number of nitrogens with one attached hydrogen (secondary N) is 1. The van der Waals surface area contributed by atoms with Crippen molar-refractivity contribution in [2.24, 2.45) is 0 Å². The van der Waals surface area contributed by atoms with Crippen molar-refractivity contribution in [1.29, 1.82) is 0 Å². The van der Waals surface area contributed by atoms with E-state index in [1.165, 1.54) is 12.4 Å². The first-order valence-electron chi connectivity index (χ1n) is 9.84. The van der Waals surface area contributed by atoms with Crippen molar-refractivity contribution >= 4 is 28.8 Å². The first kappa shape index (κ1) is 21.3. The molecular formula is C20H16ClF3N8O. The van der Waals surface area contributed by atoms with Gasteiger partial charge in [0, 0.05) is 23.2 Å². The maximum Gasteiger partial charge on any atom is 0.420 e. The van der Waals surface area contributed by atoms with Gasteiger partial charge in [0.2, 0.25) is 5.91 Å². The minimum atomic E-state index is -4.73. The topological polar surface area (TPSA) is 103 Å². The van der Waals surface area contributed by atoms with E-state index in [1.807, 2.05) is 13.8 Å². The van der Waals surface area contributed by atoms with Crippen LogP contribution >= 0.6 is 11.6 Å². The largest absolute Gasteiger partial charge is 0.420 e. The van der Waals surface area contributed by atoms with Gasteiger partial charge in [-0.05, 0) is 12.5 Å². The van der Waals surface area contributed by atoms with Gasteiger partial charge in [-0.15, -0.1) is 4.80 Å². The lowest BCUT2D eigenvalue weighted by molar-refractivity contribution is -0.137. The third-order valence-electron chi connectivity index (χ3n) is 5.58. The van der Waals surface area contributed by atoms with E-state index in [2.05, 4.69) is 30.6 Å². The van der Waals surface area contributed by atoms with Crippen molar-refractivity contribution in [1.82, 2.24) is 34.6 Å². The molecule has 0 saturated heterocycles. The summed E-state index contributed by atoms with van der Waals surface area (Å²) in [6, 6.07) is 2.44. The zero-order valence-corrected chi connectivity index (χ0v) is 18.1. The number of halogens is 4. The number of hydrogen-bond donors (Lipinski definition) is 1. The molecule has 1 amide bonds. The Balaban J connectivity index is 1.49. The lowest BCUT2D eigenvalue weighted by Gasteiger charge is -2.19. The van der Waals surface area contributed by atoms with Crippen LogP contribution in [-0.4, -0.2) is 40.5 Å². The molecule has 0 fully saturated rings. The fourth-order valence-electron chi connectivity index (χ4n) is 4.25. The number of hydrogen-bond acceptors (Lipinski definition) is 6. The number of carbonyl (C=O) groups excluding carboxylic acids is 1. The van der Waals surface area contributed by atoms with Crippen LogP contribution in [0.5, 0.6) is 0 Å². The lowest BCUT2D eigenvalue weighted by atomic mass is 9.88. The minimum absolute atomic E-state index is 0.0920. The molecule has 170 valence electrons. The van der Waals surface area contributed by atoms with Crippen LogP contribution in [0.3, 0.4) is 0 Å². The van der Waals surface area contributed by atoms with Gasteiger partial charge in [0.05, 0.1) is 35.9 Å². The standard InChI is InChI=1S/C20H16ClF3N8O/c1-19(2)7-11(12-9-25-15-6-14(21)30-31(15)16(12)19)18(33)29-10-5-13(20(22,23)24)17(26-8-10)32-27-3-4-28-32/h3-6,8-9,11H,7H2,1-2H3,(H,29,33)/t11-/m1/s1. The summed E-state index contributed by atoms with van der Waals surface area (Å²) in [4.78, 5) is 22.1. The van der Waals surface area contributed by atoms with Gasteiger partial charge >= 0.3 is 6.18 Å². The lowest BCUT2D eigenvalue weighted by Crippen LogP contribution is -2.22. The number of alkyl halides is 3. The highest BCUT2D eigenvalue weighted by atomic mass is 35.5. The molecule has 0 saturated carbocycles. The molecular weight excluding hydrogens is 461 g/mol. The van der Waals surface area contributed by atoms with Gasteiger partial charge in [0.1, 0.15) is 5.56 Å². The smallest absolute Gasteiger partial charge is 0.324 e. The Labute approximate surface area is 189 Å². The third-order valence-corrected chi connectivity index (χ3v) is 5.76. The normalized spacial score (nSPS) is 17.3. The first-order chi connectivity index (χ1) is 15.5. The molecule has 0 radical (unpaired) electrons. The average Bonchev–Trinajstić information content (AvgIpc) is 3.44. The Bertz CT molecular complexity index is 1380. The van der Waals surface area contributed by atoms with Crippen molar-refractivity contribution in [2.75, 3.05) is 5.32 Å². The molecule has 1 aliphatic rings. The van der Waals surface area contributed by atoms with Crippen LogP contribution in [-0.2, 0) is 16.4 Å². The number of carbonyl (C=O) groups is 1. The maximum atomic E-state index is 13.7. The minimum Gasteiger partial charge on any atom is -0.324 e. The van der Waals surface area contributed by atoms with Crippen molar-refractivity contribution in [2.45, 2.75) is 37.8 Å². The van der Waals surface area contributed by atoms with E-state index in [-0.39, 0.29) is 10.8 Å². The van der Waals surface area contributed by atoms with E-state index in [1.54, 1.807) is 16.8 Å². The molecule has 0 aliphatic heterocycles. The molecule has 33 heavy (non-hydrogen) atoms. The second kappa shape index (κ2) is 7.24. The number of nitrogens with zero attached hydrogens (tertiary/aromatic N) is 7. The van der Waals surface area contributed by atoms with Crippen molar-refractivity contribution in [3.63, 3.8) is 0 Å². The van der Waals surface area contributed by atoms with Gasteiger partial charge in [-0.25, -0.2) is 14.5 Å². The summed E-state index contributed by atoms with van der Waals surface area (Å²) in [5, 5.41) is 14.5. The van der Waals surface area contributed by atoms with Gasteiger partial charge in [0.15, 0.2) is 16.6 Å². The molecule has 4 heterocycles. The maximum absolute atomic E-state index is 13.7. The molecule has 0 bridgehead atoms. The molecule has 1 aliphatic carbocycles. The highest BCUT2D eigenvalue weighted by molar-refractivity contribution is 6.29. The second-order valence-electron chi connectivity index (χ2n) is 8.34. The highest BCUT2D eigenvalue weighted by Crippen LogP contribution is 2.46. The number of amides is 1. The molecule has 4 aromatic rings. The van der Waals surface area contributed by atoms with Crippen LogP contribution in [0, 0.1) is 0 Å². The van der Waals surface area contributed by atoms with Crippen LogP contribution in [0.4, 0.5) is 18.9 Å². The van der Waals surface area contributed by atoms with E-state index in [4.69, 9.17) is 11.6 Å². The fraction of sp³-hybridized carbons (Fsp3) is 0.300. The molecule has 0 aromatic carbocycles. The van der Waals surface area contributed by atoms with Gasteiger partial charge < -0.3 is 5.32 Å². The molecule has 13 heteroatoms. The summed E-state index contributed by atoms with van der Waals surface area (Å²) in [5.41, 5.74) is 0.372. The van der Waals surface area contributed by atoms with E-state index >= 15 is 0 Å². The molecule has 0 unspecified atom stereocenters. The molecule has 1 N–H and O–H groups in total. The number of anilines is 1. The summed E-state index contributed by atoms with van der Waals surface area (Å²) in [6.07, 6.45) is 0.910.